The first-order valence-corrected chi connectivity index (χ1v) is 19.3. The summed E-state index contributed by atoms with van der Waals surface area (Å²) in [6, 6.07) is 29.6. The van der Waals surface area contributed by atoms with E-state index in [-0.39, 0.29) is 17.0 Å². The number of alkyl halides is 5. The number of rotatable bonds is 10. The third-order valence-corrected chi connectivity index (χ3v) is 10.3. The molecule has 2 saturated carbocycles. The molecule has 310 valence electrons. The van der Waals surface area contributed by atoms with Gasteiger partial charge in [0.1, 0.15) is 40.7 Å². The molecule has 0 unspecified atom stereocenters. The molecule has 0 saturated heterocycles. The van der Waals surface area contributed by atoms with Crippen molar-refractivity contribution in [1.29, 1.82) is 0 Å². The highest BCUT2D eigenvalue weighted by Gasteiger charge is 2.44. The molecule has 0 spiro atoms. The van der Waals surface area contributed by atoms with Gasteiger partial charge >= 0.3 is 12.8 Å². The molecule has 0 radical (unpaired) electrons. The molecule has 0 aliphatic heterocycles. The van der Waals surface area contributed by atoms with Crippen LogP contribution in [-0.2, 0) is 11.6 Å². The van der Waals surface area contributed by atoms with Crippen molar-refractivity contribution in [2.24, 2.45) is 0 Å². The average Bonchev–Trinajstić information content (AvgIpc) is 4.14. The predicted molar refractivity (Wildman–Crippen MR) is 222 cm³/mol. The van der Waals surface area contributed by atoms with Gasteiger partial charge in [0.05, 0.1) is 27.6 Å². The summed E-state index contributed by atoms with van der Waals surface area (Å²) >= 11 is 0. The maximum Gasteiger partial charge on any atom is 0.416 e. The lowest BCUT2D eigenvalue weighted by atomic mass is 10.1. The number of imidazole rings is 2. The number of halogens is 5. The number of anilines is 6. The van der Waals surface area contributed by atoms with E-state index in [1.165, 1.54) is 30.3 Å². The van der Waals surface area contributed by atoms with E-state index in [1.54, 1.807) is 18.2 Å². The number of aromatic nitrogens is 8. The molecule has 61 heavy (non-hydrogen) atoms. The zero-order valence-corrected chi connectivity index (χ0v) is 32.4. The van der Waals surface area contributed by atoms with Gasteiger partial charge in [-0.05, 0) is 98.5 Å². The Hall–Kier alpha value is -7.37. The number of ether oxygens (including phenoxy) is 1. The van der Waals surface area contributed by atoms with E-state index >= 15 is 0 Å². The molecule has 13 nitrogen and oxygen atoms in total. The minimum Gasteiger partial charge on any atom is -0.435 e. The fourth-order valence-electron chi connectivity index (χ4n) is 6.91. The Morgan fingerprint density at radius 3 is 1.70 bits per heavy atom. The Labute approximate surface area is 344 Å². The minimum atomic E-state index is -4.38. The molecular weight excluding hydrogens is 796 g/mol. The highest BCUT2D eigenvalue weighted by atomic mass is 19.4. The molecule has 6 N–H and O–H groups in total. The van der Waals surface area contributed by atoms with Gasteiger partial charge in [-0.1, -0.05) is 31.2 Å². The Balaban J connectivity index is 0.000000156. The van der Waals surface area contributed by atoms with Gasteiger partial charge in [-0.2, -0.15) is 41.9 Å². The van der Waals surface area contributed by atoms with Gasteiger partial charge in [-0.3, -0.25) is 9.13 Å². The van der Waals surface area contributed by atoms with E-state index in [9.17, 15) is 22.0 Å². The van der Waals surface area contributed by atoms with Crippen LogP contribution in [0, 0.1) is 0 Å². The number of nitrogens with zero attached hydrogens (tertiary/aromatic N) is 8. The molecule has 18 heteroatoms. The van der Waals surface area contributed by atoms with E-state index < -0.39 is 18.4 Å². The van der Waals surface area contributed by atoms with Gasteiger partial charge < -0.3 is 26.8 Å². The summed E-state index contributed by atoms with van der Waals surface area (Å²) in [5, 5.41) is 6.15. The van der Waals surface area contributed by atoms with Gasteiger partial charge in [0, 0.05) is 34.8 Å². The van der Waals surface area contributed by atoms with Crippen molar-refractivity contribution in [3.05, 3.63) is 126 Å². The fourth-order valence-corrected chi connectivity index (χ4v) is 6.91. The van der Waals surface area contributed by atoms with Gasteiger partial charge in [0.15, 0.2) is 0 Å². The second-order valence-electron chi connectivity index (χ2n) is 15.1. The molecule has 4 aromatic carbocycles. The summed E-state index contributed by atoms with van der Waals surface area (Å²) in [5.41, 5.74) is 16.0. The average molecular weight is 833 g/mol. The molecule has 0 atom stereocenters. The number of para-hydroxylation sites is 4. The quantitative estimate of drug-likeness (QED) is 0.0967. The maximum atomic E-state index is 12.8. The summed E-state index contributed by atoms with van der Waals surface area (Å²) < 4.78 is 71.3. The predicted octanol–water partition coefficient (Wildman–Crippen LogP) is 9.83. The molecule has 4 aromatic heterocycles. The van der Waals surface area contributed by atoms with Crippen molar-refractivity contribution in [3.63, 3.8) is 0 Å². The lowest BCUT2D eigenvalue weighted by Crippen LogP contribution is -2.14. The maximum absolute atomic E-state index is 12.8. The minimum absolute atomic E-state index is 0.0128. The van der Waals surface area contributed by atoms with Crippen molar-refractivity contribution in [1.82, 2.24) is 39.0 Å². The molecule has 4 heterocycles. The number of hydrogen-bond donors (Lipinski definition) is 4. The summed E-state index contributed by atoms with van der Waals surface area (Å²) in [6.45, 7) is -0.685. The number of fused-ring (bicyclic) bond motifs is 2. The molecule has 0 bridgehead atoms. The van der Waals surface area contributed by atoms with Crippen LogP contribution in [0.4, 0.5) is 56.6 Å². The SMILES string of the molecule is CC1(c2nc3ccccc3n2-c2nc(N)cc(Nc3ccc(OC(F)F)cc3)n2)CC1.Nc1cc(Nc2ccc(C(F)(F)F)cc2)nc(-n2c(C3CC3)nc3ccccc32)n1. The van der Waals surface area contributed by atoms with Crippen LogP contribution in [0.25, 0.3) is 34.0 Å². The Morgan fingerprint density at radius 2 is 1.18 bits per heavy atom. The van der Waals surface area contributed by atoms with Crippen LogP contribution >= 0.6 is 0 Å². The number of hydrogen-bond acceptors (Lipinski definition) is 11. The van der Waals surface area contributed by atoms with Crippen LogP contribution in [-0.4, -0.2) is 45.6 Å². The van der Waals surface area contributed by atoms with Crippen molar-refractivity contribution < 1.29 is 26.7 Å². The molecule has 2 aliphatic rings. The van der Waals surface area contributed by atoms with Gasteiger partial charge in [0.2, 0.25) is 11.9 Å². The topological polar surface area (TPSA) is 173 Å². The van der Waals surface area contributed by atoms with Crippen molar-refractivity contribution in [3.8, 4) is 17.6 Å². The van der Waals surface area contributed by atoms with Crippen molar-refractivity contribution in [2.75, 3.05) is 22.1 Å². The van der Waals surface area contributed by atoms with Crippen molar-refractivity contribution >= 4 is 56.7 Å². The van der Waals surface area contributed by atoms with Crippen LogP contribution in [0.5, 0.6) is 5.75 Å². The fraction of sp³-hybridized carbons (Fsp3) is 0.209. The largest absolute Gasteiger partial charge is 0.435 e. The van der Waals surface area contributed by atoms with E-state index in [0.29, 0.717) is 46.6 Å². The van der Waals surface area contributed by atoms with Crippen LogP contribution in [0.2, 0.25) is 0 Å². The molecule has 2 fully saturated rings. The summed E-state index contributed by atoms with van der Waals surface area (Å²) in [7, 11) is 0. The van der Waals surface area contributed by atoms with Crippen LogP contribution in [0.15, 0.2) is 109 Å². The highest BCUT2D eigenvalue weighted by Crippen LogP contribution is 2.48. The molecule has 2 aliphatic carbocycles. The third kappa shape index (κ3) is 8.41. The monoisotopic (exact) mass is 832 g/mol. The summed E-state index contributed by atoms with van der Waals surface area (Å²) in [6.07, 6.45) is -0.162. The number of nitrogens with one attached hydrogen (secondary N) is 2. The highest BCUT2D eigenvalue weighted by molar-refractivity contribution is 5.79. The first-order chi connectivity index (χ1) is 29.3. The summed E-state index contributed by atoms with van der Waals surface area (Å²) in [5.74, 6) is 4.46. The van der Waals surface area contributed by atoms with Gasteiger partial charge in [0.25, 0.3) is 0 Å². The number of nitrogen functional groups attached to an aromatic ring is 2. The molecule has 8 aromatic rings. The lowest BCUT2D eigenvalue weighted by molar-refractivity contribution is -0.137. The normalized spacial score (nSPS) is 14.5. The third-order valence-electron chi connectivity index (χ3n) is 10.3. The first kappa shape index (κ1) is 39.1. The number of benzene rings is 4. The second-order valence-corrected chi connectivity index (χ2v) is 15.1. The number of nitrogens with two attached hydrogens (primary N) is 2. The molecule has 10 rings (SSSR count). The summed E-state index contributed by atoms with van der Waals surface area (Å²) in [4.78, 5) is 27.7. The first-order valence-electron chi connectivity index (χ1n) is 19.3. The zero-order valence-electron chi connectivity index (χ0n) is 32.4. The van der Waals surface area contributed by atoms with Crippen LogP contribution < -0.4 is 26.8 Å². The molecular formula is C43H37F5N12O. The molecule has 0 amide bonds. The van der Waals surface area contributed by atoms with Gasteiger partial charge in [-0.15, -0.1) is 0 Å². The van der Waals surface area contributed by atoms with E-state index in [4.69, 9.17) is 21.4 Å². The van der Waals surface area contributed by atoms with Gasteiger partial charge in [-0.25, -0.2) is 9.97 Å². The zero-order chi connectivity index (χ0) is 42.5. The standard InChI is InChI=1S/C22H20F2N6O.C21H17F3N6/c1-22(10-11-22)19-27-15-4-2-3-5-16(15)30(19)21-28-17(25)12-18(29-21)26-13-6-8-14(9-7-13)31-20(23)24;22-21(23,24)13-7-9-14(10-8-13)26-18-11-17(25)28-20(29-18)30-16-4-2-1-3-15(16)27-19(30)12-5-6-12/h2-9,12,20H,10-11H2,1H3,(H3,25,26,28,29);1-4,7-12H,5-6H2,(H3,25,26,28,29). The Kier molecular flexibility index (Phi) is 9.84. The van der Waals surface area contributed by atoms with E-state index in [2.05, 4.69) is 42.2 Å². The second kappa shape index (κ2) is 15.3. The van der Waals surface area contributed by atoms with Crippen molar-refractivity contribution in [2.45, 2.75) is 56.7 Å². The Morgan fingerprint density at radius 1 is 0.672 bits per heavy atom. The lowest BCUT2D eigenvalue weighted by Gasteiger charge is -2.14. The van der Waals surface area contributed by atoms with Crippen LogP contribution in [0.3, 0.4) is 0 Å². The Bertz CT molecular complexity index is 2870. The van der Waals surface area contributed by atoms with E-state index in [1.807, 2.05) is 57.7 Å². The van der Waals surface area contributed by atoms with Crippen LogP contribution in [0.1, 0.15) is 55.7 Å². The van der Waals surface area contributed by atoms with E-state index in [0.717, 1.165) is 71.5 Å². The smallest absolute Gasteiger partial charge is 0.416 e.